The molecule has 0 aliphatic rings. The lowest BCUT2D eigenvalue weighted by Gasteiger charge is -2.02. The first-order valence-corrected chi connectivity index (χ1v) is 2.80. The maximum Gasteiger partial charge on any atom is 0.231 e. The average molecular weight is 132 g/mol. The van der Waals surface area contributed by atoms with Crippen molar-refractivity contribution in [2.75, 3.05) is 13.1 Å². The Morgan fingerprint density at radius 1 is 1.89 bits per heavy atom. The number of aliphatic hydroxyl groups excluding tert-OH is 1. The second kappa shape index (κ2) is 4.29. The molecule has 0 heterocycles. The maximum absolute atomic E-state index is 10.1. The first-order chi connectivity index (χ1) is 4.13. The van der Waals surface area contributed by atoms with E-state index in [0.29, 0.717) is 6.54 Å². The molecule has 0 aromatic rings. The molecule has 0 aliphatic heterocycles. The number of hydrogen-bond donors (Lipinski definition) is 3. The number of rotatable bonds is 4. The first kappa shape index (κ1) is 8.39. The number of nitrogens with one attached hydrogen (secondary N) is 1. The van der Waals surface area contributed by atoms with Crippen molar-refractivity contribution in [3.05, 3.63) is 0 Å². The third-order valence-electron chi connectivity index (χ3n) is 0.739. The second-order valence-electron chi connectivity index (χ2n) is 1.95. The van der Waals surface area contributed by atoms with Crippen molar-refractivity contribution in [3.8, 4) is 0 Å². The Hall–Kier alpha value is -0.610. The van der Waals surface area contributed by atoms with E-state index in [4.69, 9.17) is 10.8 Å². The van der Waals surface area contributed by atoms with Gasteiger partial charge in [0.15, 0.2) is 0 Å². The second-order valence-corrected chi connectivity index (χ2v) is 1.95. The summed E-state index contributed by atoms with van der Waals surface area (Å²) in [5.74, 6) is -0.407. The Balaban J connectivity index is 3.01. The molecule has 9 heavy (non-hydrogen) atoms. The zero-order valence-corrected chi connectivity index (χ0v) is 5.42. The lowest BCUT2D eigenvalue weighted by Crippen LogP contribution is -2.33. The Labute approximate surface area is 54.0 Å². The Kier molecular flexibility index (Phi) is 4.00. The summed E-state index contributed by atoms with van der Waals surface area (Å²) in [5.41, 5.74) is 4.80. The molecule has 4 nitrogen and oxygen atoms in total. The van der Waals surface area contributed by atoms with Crippen molar-refractivity contribution in [1.29, 1.82) is 0 Å². The predicted octanol–water partition coefficient (Wildman–Crippen LogP) is -1.56. The van der Waals surface area contributed by atoms with E-state index >= 15 is 0 Å². The van der Waals surface area contributed by atoms with Gasteiger partial charge in [0.1, 0.15) is 0 Å². The number of carbonyl (C=O) groups excluding carboxylic acids is 1. The Morgan fingerprint density at radius 2 is 2.44 bits per heavy atom. The molecule has 1 atom stereocenters. The van der Waals surface area contributed by atoms with Crippen LogP contribution >= 0.6 is 0 Å². The van der Waals surface area contributed by atoms with Crippen LogP contribution in [0.2, 0.25) is 0 Å². The fourth-order valence-electron chi connectivity index (χ4n) is 0.404. The van der Waals surface area contributed by atoms with Crippen LogP contribution in [-0.4, -0.2) is 30.2 Å². The smallest absolute Gasteiger partial charge is 0.231 e. The summed E-state index contributed by atoms with van der Waals surface area (Å²) >= 11 is 0. The third-order valence-corrected chi connectivity index (χ3v) is 0.739. The summed E-state index contributed by atoms with van der Waals surface area (Å²) in [4.78, 5) is 10.1. The van der Waals surface area contributed by atoms with Crippen LogP contribution in [-0.2, 0) is 4.79 Å². The number of carbonyl (C=O) groups is 1. The fraction of sp³-hybridized carbons (Fsp3) is 0.800. The van der Waals surface area contributed by atoms with E-state index in [1.165, 1.54) is 0 Å². The zero-order chi connectivity index (χ0) is 7.28. The van der Waals surface area contributed by atoms with Gasteiger partial charge in [0, 0.05) is 6.54 Å². The highest BCUT2D eigenvalue weighted by atomic mass is 16.3. The number of amides is 1. The van der Waals surface area contributed by atoms with Gasteiger partial charge in [0.05, 0.1) is 12.6 Å². The van der Waals surface area contributed by atoms with Gasteiger partial charge in [0.2, 0.25) is 5.91 Å². The molecule has 4 N–H and O–H groups in total. The third kappa shape index (κ3) is 7.39. The molecule has 0 aromatic heterocycles. The maximum atomic E-state index is 10.1. The molecule has 4 heteroatoms. The summed E-state index contributed by atoms with van der Waals surface area (Å²) in [6, 6.07) is 0. The molecule has 0 saturated carbocycles. The lowest BCUT2D eigenvalue weighted by molar-refractivity contribution is -0.117. The van der Waals surface area contributed by atoms with Gasteiger partial charge < -0.3 is 16.2 Å². The van der Waals surface area contributed by atoms with Gasteiger partial charge in [-0.3, -0.25) is 4.79 Å². The van der Waals surface area contributed by atoms with Crippen molar-refractivity contribution in [2.45, 2.75) is 13.0 Å². The largest absolute Gasteiger partial charge is 0.392 e. The van der Waals surface area contributed by atoms with E-state index in [1.807, 2.05) is 0 Å². The minimum Gasteiger partial charge on any atom is -0.392 e. The SMILES string of the molecule is CC(O)CNCC(N)=O. The van der Waals surface area contributed by atoms with Crippen molar-refractivity contribution in [3.63, 3.8) is 0 Å². The van der Waals surface area contributed by atoms with Crippen LogP contribution in [0.3, 0.4) is 0 Å². The highest BCUT2D eigenvalue weighted by Gasteiger charge is 1.95. The van der Waals surface area contributed by atoms with Gasteiger partial charge in [-0.1, -0.05) is 0 Å². The standard InChI is InChI=1S/C5H12N2O2/c1-4(8)2-7-3-5(6)9/h4,7-8H,2-3H2,1H3,(H2,6,9). The predicted molar refractivity (Wildman–Crippen MR) is 33.7 cm³/mol. The van der Waals surface area contributed by atoms with Gasteiger partial charge in [-0.15, -0.1) is 0 Å². The monoisotopic (exact) mass is 132 g/mol. The lowest BCUT2D eigenvalue weighted by atomic mass is 10.4. The molecule has 0 fully saturated rings. The molecular formula is C5H12N2O2. The van der Waals surface area contributed by atoms with E-state index in [1.54, 1.807) is 6.92 Å². The number of nitrogens with two attached hydrogens (primary N) is 1. The molecule has 0 radical (unpaired) electrons. The van der Waals surface area contributed by atoms with E-state index in [9.17, 15) is 4.79 Å². The molecule has 0 spiro atoms. The van der Waals surface area contributed by atoms with E-state index < -0.39 is 12.0 Å². The van der Waals surface area contributed by atoms with Crippen LogP contribution in [0.5, 0.6) is 0 Å². The molecule has 0 bridgehead atoms. The van der Waals surface area contributed by atoms with Crippen molar-refractivity contribution < 1.29 is 9.90 Å². The summed E-state index contributed by atoms with van der Waals surface area (Å²) in [7, 11) is 0. The number of hydrogen-bond acceptors (Lipinski definition) is 3. The van der Waals surface area contributed by atoms with Crippen LogP contribution in [0.15, 0.2) is 0 Å². The van der Waals surface area contributed by atoms with Crippen molar-refractivity contribution >= 4 is 5.91 Å². The van der Waals surface area contributed by atoms with E-state index in [2.05, 4.69) is 5.32 Å². The van der Waals surface area contributed by atoms with Crippen LogP contribution in [0, 0.1) is 0 Å². The molecule has 1 amide bonds. The Bertz CT molecular complexity index is 93.0. The van der Waals surface area contributed by atoms with Crippen molar-refractivity contribution in [2.24, 2.45) is 5.73 Å². The normalized spacial score (nSPS) is 13.1. The summed E-state index contributed by atoms with van der Waals surface area (Å²) < 4.78 is 0. The van der Waals surface area contributed by atoms with Crippen LogP contribution in [0.25, 0.3) is 0 Å². The molecule has 1 unspecified atom stereocenters. The van der Waals surface area contributed by atoms with E-state index in [0.717, 1.165) is 0 Å². The van der Waals surface area contributed by atoms with Gasteiger partial charge in [-0.2, -0.15) is 0 Å². The molecule has 0 saturated heterocycles. The number of primary amides is 1. The average Bonchev–Trinajstić information content (AvgIpc) is 1.63. The summed E-state index contributed by atoms with van der Waals surface area (Å²) in [6.07, 6.45) is -0.427. The highest BCUT2D eigenvalue weighted by molar-refractivity contribution is 5.75. The topological polar surface area (TPSA) is 75.3 Å². The molecule has 0 aliphatic carbocycles. The fourth-order valence-corrected chi connectivity index (χ4v) is 0.404. The highest BCUT2D eigenvalue weighted by Crippen LogP contribution is 1.72. The molecule has 54 valence electrons. The van der Waals surface area contributed by atoms with Gasteiger partial charge in [0.25, 0.3) is 0 Å². The molecule has 0 rings (SSSR count). The van der Waals surface area contributed by atoms with Gasteiger partial charge >= 0.3 is 0 Å². The zero-order valence-electron chi connectivity index (χ0n) is 5.42. The molecule has 0 aromatic carbocycles. The summed E-state index contributed by atoms with van der Waals surface area (Å²) in [6.45, 7) is 2.17. The van der Waals surface area contributed by atoms with E-state index in [-0.39, 0.29) is 6.54 Å². The quantitative estimate of drug-likeness (QED) is 0.433. The summed E-state index contributed by atoms with van der Waals surface area (Å²) in [5, 5.41) is 11.3. The minimum atomic E-state index is -0.427. The molecular weight excluding hydrogens is 120 g/mol. The minimum absolute atomic E-state index is 0.130. The van der Waals surface area contributed by atoms with Crippen molar-refractivity contribution in [1.82, 2.24) is 5.32 Å². The van der Waals surface area contributed by atoms with Gasteiger partial charge in [-0.05, 0) is 6.92 Å². The Morgan fingerprint density at radius 3 is 2.78 bits per heavy atom. The number of aliphatic hydroxyl groups is 1. The van der Waals surface area contributed by atoms with Crippen LogP contribution < -0.4 is 11.1 Å². The van der Waals surface area contributed by atoms with Gasteiger partial charge in [-0.25, -0.2) is 0 Å². The first-order valence-electron chi connectivity index (χ1n) is 2.80. The van der Waals surface area contributed by atoms with Crippen LogP contribution in [0.1, 0.15) is 6.92 Å². The van der Waals surface area contributed by atoms with Crippen LogP contribution in [0.4, 0.5) is 0 Å².